The molecule has 98 valence electrons. The fourth-order valence-electron chi connectivity index (χ4n) is 2.61. The molecule has 0 unspecified atom stereocenters. The standard InChI is InChI=1S/C14H27N3/c1-6-14(4,5)16-9-10-17(12(2)3)13(11-16)7-8-15/h12-13H,6-7,9-11H2,1-5H3/t13-/m1/s1. The van der Waals surface area contributed by atoms with E-state index in [1.165, 1.54) is 0 Å². The van der Waals surface area contributed by atoms with Crippen molar-refractivity contribution in [3.63, 3.8) is 0 Å². The van der Waals surface area contributed by atoms with Crippen molar-refractivity contribution in [1.29, 1.82) is 5.26 Å². The summed E-state index contributed by atoms with van der Waals surface area (Å²) in [5.74, 6) is 0. The largest absolute Gasteiger partial charge is 0.295 e. The smallest absolute Gasteiger partial charge is 0.0638 e. The highest BCUT2D eigenvalue weighted by atomic mass is 15.3. The van der Waals surface area contributed by atoms with Crippen LogP contribution >= 0.6 is 0 Å². The predicted molar refractivity (Wildman–Crippen MR) is 71.8 cm³/mol. The molecule has 1 heterocycles. The van der Waals surface area contributed by atoms with Gasteiger partial charge in [-0.3, -0.25) is 9.80 Å². The third kappa shape index (κ3) is 3.43. The van der Waals surface area contributed by atoms with Crippen LogP contribution < -0.4 is 0 Å². The molecule has 17 heavy (non-hydrogen) atoms. The van der Waals surface area contributed by atoms with Crippen molar-refractivity contribution in [3.8, 4) is 6.07 Å². The van der Waals surface area contributed by atoms with E-state index < -0.39 is 0 Å². The minimum absolute atomic E-state index is 0.261. The first-order chi connectivity index (χ1) is 7.92. The molecule has 0 bridgehead atoms. The molecule has 0 N–H and O–H groups in total. The van der Waals surface area contributed by atoms with Crippen LogP contribution in [0.15, 0.2) is 0 Å². The number of piperazine rings is 1. The van der Waals surface area contributed by atoms with Gasteiger partial charge < -0.3 is 0 Å². The Morgan fingerprint density at radius 1 is 1.35 bits per heavy atom. The number of hydrogen-bond acceptors (Lipinski definition) is 3. The van der Waals surface area contributed by atoms with Gasteiger partial charge in [0, 0.05) is 37.3 Å². The molecule has 1 aliphatic rings. The lowest BCUT2D eigenvalue weighted by Gasteiger charge is -2.48. The molecular formula is C14H27N3. The molecule has 0 aromatic rings. The summed E-state index contributed by atoms with van der Waals surface area (Å²) in [5.41, 5.74) is 0.261. The van der Waals surface area contributed by atoms with Gasteiger partial charge in [-0.2, -0.15) is 5.26 Å². The second-order valence-corrected chi connectivity index (χ2v) is 5.96. The van der Waals surface area contributed by atoms with Gasteiger partial charge >= 0.3 is 0 Å². The minimum Gasteiger partial charge on any atom is -0.295 e. The van der Waals surface area contributed by atoms with Crippen LogP contribution in [0.4, 0.5) is 0 Å². The fourth-order valence-corrected chi connectivity index (χ4v) is 2.61. The van der Waals surface area contributed by atoms with E-state index in [0.717, 1.165) is 26.1 Å². The van der Waals surface area contributed by atoms with Crippen LogP contribution in [0.1, 0.15) is 47.5 Å². The number of rotatable bonds is 4. The number of nitriles is 1. The molecule has 0 aromatic carbocycles. The van der Waals surface area contributed by atoms with Gasteiger partial charge in [0.25, 0.3) is 0 Å². The van der Waals surface area contributed by atoms with E-state index in [0.29, 0.717) is 18.5 Å². The highest BCUT2D eigenvalue weighted by Gasteiger charge is 2.34. The van der Waals surface area contributed by atoms with Crippen LogP contribution in [-0.4, -0.2) is 47.1 Å². The average molecular weight is 237 g/mol. The van der Waals surface area contributed by atoms with Crippen molar-refractivity contribution < 1.29 is 0 Å². The van der Waals surface area contributed by atoms with Crippen molar-refractivity contribution in [2.45, 2.75) is 65.1 Å². The second kappa shape index (κ2) is 5.84. The van der Waals surface area contributed by atoms with Crippen molar-refractivity contribution in [3.05, 3.63) is 0 Å². The first-order valence-electron chi connectivity index (χ1n) is 6.80. The molecule has 1 aliphatic heterocycles. The quantitative estimate of drug-likeness (QED) is 0.752. The Balaban J connectivity index is 2.72. The fraction of sp³-hybridized carbons (Fsp3) is 0.929. The molecular weight excluding hydrogens is 210 g/mol. The Hall–Kier alpha value is -0.590. The number of nitrogens with zero attached hydrogens (tertiary/aromatic N) is 3. The molecule has 1 saturated heterocycles. The highest BCUT2D eigenvalue weighted by molar-refractivity contribution is 4.94. The van der Waals surface area contributed by atoms with Gasteiger partial charge in [-0.05, 0) is 34.1 Å². The zero-order valence-corrected chi connectivity index (χ0v) is 12.0. The van der Waals surface area contributed by atoms with Gasteiger partial charge in [0.15, 0.2) is 0 Å². The normalized spacial score (nSPS) is 23.9. The molecule has 0 saturated carbocycles. The maximum absolute atomic E-state index is 8.97. The zero-order valence-electron chi connectivity index (χ0n) is 12.0. The van der Waals surface area contributed by atoms with Gasteiger partial charge in [0.05, 0.1) is 12.5 Å². The lowest BCUT2D eigenvalue weighted by Crippen LogP contribution is -2.60. The topological polar surface area (TPSA) is 30.3 Å². The Morgan fingerprint density at radius 3 is 2.47 bits per heavy atom. The summed E-state index contributed by atoms with van der Waals surface area (Å²) in [6.07, 6.45) is 1.81. The van der Waals surface area contributed by atoms with Crippen molar-refractivity contribution in [2.75, 3.05) is 19.6 Å². The van der Waals surface area contributed by atoms with Gasteiger partial charge in [-0.15, -0.1) is 0 Å². The van der Waals surface area contributed by atoms with Crippen molar-refractivity contribution in [1.82, 2.24) is 9.80 Å². The van der Waals surface area contributed by atoms with Crippen molar-refractivity contribution in [2.24, 2.45) is 0 Å². The highest BCUT2D eigenvalue weighted by Crippen LogP contribution is 2.24. The molecule has 1 fully saturated rings. The maximum atomic E-state index is 8.97. The molecule has 0 aromatic heterocycles. The number of hydrogen-bond donors (Lipinski definition) is 0. The summed E-state index contributed by atoms with van der Waals surface area (Å²) in [4.78, 5) is 5.03. The third-order valence-electron chi connectivity index (χ3n) is 4.24. The Morgan fingerprint density at radius 2 is 2.00 bits per heavy atom. The Kier molecular flexibility index (Phi) is 4.97. The zero-order chi connectivity index (χ0) is 13.1. The van der Waals surface area contributed by atoms with Crippen LogP contribution in [0.25, 0.3) is 0 Å². The SMILES string of the molecule is CCC(C)(C)N1CCN(C(C)C)[C@H](CC#N)C1. The van der Waals surface area contributed by atoms with Crippen LogP contribution in [0.3, 0.4) is 0 Å². The molecule has 0 spiro atoms. The van der Waals surface area contributed by atoms with E-state index in [-0.39, 0.29) is 5.54 Å². The summed E-state index contributed by atoms with van der Waals surface area (Å²) >= 11 is 0. The summed E-state index contributed by atoms with van der Waals surface area (Å²) in [7, 11) is 0. The molecule has 0 amide bonds. The van der Waals surface area contributed by atoms with E-state index in [4.69, 9.17) is 5.26 Å². The molecule has 1 rings (SSSR count). The monoisotopic (exact) mass is 237 g/mol. The van der Waals surface area contributed by atoms with Gasteiger partial charge in [-0.1, -0.05) is 6.92 Å². The van der Waals surface area contributed by atoms with E-state index in [1.807, 2.05) is 0 Å². The third-order valence-corrected chi connectivity index (χ3v) is 4.24. The summed E-state index contributed by atoms with van der Waals surface area (Å²) in [6.45, 7) is 14.6. The van der Waals surface area contributed by atoms with Crippen LogP contribution in [0, 0.1) is 11.3 Å². The van der Waals surface area contributed by atoms with E-state index >= 15 is 0 Å². The Labute approximate surface area is 106 Å². The maximum Gasteiger partial charge on any atom is 0.0638 e. The molecule has 0 radical (unpaired) electrons. The lowest BCUT2D eigenvalue weighted by molar-refractivity contribution is 0.000712. The van der Waals surface area contributed by atoms with Gasteiger partial charge in [0.1, 0.15) is 0 Å². The molecule has 3 nitrogen and oxygen atoms in total. The second-order valence-electron chi connectivity index (χ2n) is 5.96. The van der Waals surface area contributed by atoms with Crippen LogP contribution in [0.2, 0.25) is 0 Å². The lowest BCUT2D eigenvalue weighted by atomic mass is 9.95. The van der Waals surface area contributed by atoms with E-state index in [1.54, 1.807) is 0 Å². The van der Waals surface area contributed by atoms with Gasteiger partial charge in [0.2, 0.25) is 0 Å². The first-order valence-corrected chi connectivity index (χ1v) is 6.80. The van der Waals surface area contributed by atoms with Crippen LogP contribution in [0.5, 0.6) is 0 Å². The molecule has 3 heteroatoms. The van der Waals surface area contributed by atoms with Crippen LogP contribution in [-0.2, 0) is 0 Å². The summed E-state index contributed by atoms with van der Waals surface area (Å²) < 4.78 is 0. The molecule has 1 atom stereocenters. The first kappa shape index (κ1) is 14.5. The Bertz CT molecular complexity index is 278. The average Bonchev–Trinajstić information content (AvgIpc) is 2.29. The van der Waals surface area contributed by atoms with E-state index in [9.17, 15) is 0 Å². The van der Waals surface area contributed by atoms with E-state index in [2.05, 4.69) is 50.5 Å². The predicted octanol–water partition coefficient (Wildman–Crippen LogP) is 2.48. The summed E-state index contributed by atoms with van der Waals surface area (Å²) in [5, 5.41) is 8.97. The molecule has 0 aliphatic carbocycles. The minimum atomic E-state index is 0.261. The van der Waals surface area contributed by atoms with Crippen molar-refractivity contribution >= 4 is 0 Å². The van der Waals surface area contributed by atoms with Gasteiger partial charge in [-0.25, -0.2) is 0 Å². The summed E-state index contributed by atoms with van der Waals surface area (Å²) in [6, 6.07) is 3.29.